The maximum Gasteiger partial charge on any atom is 0.394 e. The maximum atomic E-state index is 8.74. The third-order valence-corrected chi connectivity index (χ3v) is 1.36. The highest BCUT2D eigenvalue weighted by atomic mass is 32.3. The lowest BCUT2D eigenvalue weighted by atomic mass is 10.3. The van der Waals surface area contributed by atoms with Crippen LogP contribution in [-0.2, 0) is 10.4 Å². The monoisotopic (exact) mass is 258 g/mol. The minimum atomic E-state index is -4.67. The van der Waals surface area contributed by atoms with Crippen molar-refractivity contribution >= 4 is 10.4 Å². The van der Waals surface area contributed by atoms with Gasteiger partial charge in [-0.3, -0.25) is 9.11 Å². The second-order valence-electron chi connectivity index (χ2n) is 2.74. The van der Waals surface area contributed by atoms with Gasteiger partial charge < -0.3 is 4.74 Å². The van der Waals surface area contributed by atoms with Gasteiger partial charge >= 0.3 is 10.4 Å². The molecule has 0 spiro atoms. The van der Waals surface area contributed by atoms with Crippen molar-refractivity contribution in [2.45, 2.75) is 0 Å². The average Bonchev–Trinajstić information content (AvgIpc) is 2.24. The lowest BCUT2D eigenvalue weighted by Crippen LogP contribution is -1.91. The predicted molar refractivity (Wildman–Crippen MR) is 65.5 cm³/mol. The Morgan fingerprint density at radius 3 is 2.24 bits per heavy atom. The van der Waals surface area contributed by atoms with Crippen molar-refractivity contribution < 1.29 is 22.3 Å². The van der Waals surface area contributed by atoms with Crippen molar-refractivity contribution in [2.24, 2.45) is 0 Å². The highest BCUT2D eigenvalue weighted by Gasteiger charge is 1.86. The van der Waals surface area contributed by atoms with Gasteiger partial charge in [0.1, 0.15) is 12.4 Å². The highest BCUT2D eigenvalue weighted by Crippen LogP contribution is 2.07. The molecule has 2 N–H and O–H groups in total. The summed E-state index contributed by atoms with van der Waals surface area (Å²) in [6.45, 7) is 4.16. The third kappa shape index (κ3) is 14.4. The van der Waals surface area contributed by atoms with Gasteiger partial charge in [-0.05, 0) is 18.2 Å². The molecule has 1 rings (SSSR count). The largest absolute Gasteiger partial charge is 0.490 e. The van der Waals surface area contributed by atoms with Crippen molar-refractivity contribution in [3.63, 3.8) is 0 Å². The molecule has 17 heavy (non-hydrogen) atoms. The standard InChI is InChI=1S/C11H12O.H2O4S/c1-2-3-7-10-12-11-8-5-4-6-9-11;1-5(2,3)4/h2-9H,1,10H2;(H2,1,2,3,4). The van der Waals surface area contributed by atoms with Crippen molar-refractivity contribution in [3.8, 4) is 5.75 Å². The van der Waals surface area contributed by atoms with Gasteiger partial charge in [0.05, 0.1) is 0 Å². The molecule has 6 heteroatoms. The molecule has 0 aromatic heterocycles. The molecule has 1 aromatic rings. The molecule has 94 valence electrons. The molecular formula is C11H14O5S. The van der Waals surface area contributed by atoms with Gasteiger partial charge in [-0.25, -0.2) is 0 Å². The van der Waals surface area contributed by atoms with E-state index in [9.17, 15) is 0 Å². The summed E-state index contributed by atoms with van der Waals surface area (Å²) in [4.78, 5) is 0. The van der Waals surface area contributed by atoms with E-state index in [2.05, 4.69) is 6.58 Å². The molecule has 0 atom stereocenters. The summed E-state index contributed by atoms with van der Waals surface area (Å²) in [6.07, 6.45) is 5.51. The predicted octanol–water partition coefficient (Wildman–Crippen LogP) is 2.15. The fourth-order valence-corrected chi connectivity index (χ4v) is 0.813. The van der Waals surface area contributed by atoms with Gasteiger partial charge in [0.15, 0.2) is 0 Å². The van der Waals surface area contributed by atoms with Crippen LogP contribution in [0.1, 0.15) is 0 Å². The molecule has 0 saturated carbocycles. The number of allylic oxidation sites excluding steroid dienone is 2. The van der Waals surface area contributed by atoms with Gasteiger partial charge in [0.2, 0.25) is 0 Å². The molecule has 0 unspecified atom stereocenters. The fraction of sp³-hybridized carbons (Fsp3) is 0.0909. The van der Waals surface area contributed by atoms with Gasteiger partial charge in [-0.2, -0.15) is 8.42 Å². The third-order valence-electron chi connectivity index (χ3n) is 1.36. The second-order valence-corrected chi connectivity index (χ2v) is 3.63. The Morgan fingerprint density at radius 2 is 1.76 bits per heavy atom. The highest BCUT2D eigenvalue weighted by molar-refractivity contribution is 7.79. The Kier molecular flexibility index (Phi) is 7.70. The van der Waals surface area contributed by atoms with Crippen LogP contribution >= 0.6 is 0 Å². The van der Waals surface area contributed by atoms with Crippen LogP contribution in [0.4, 0.5) is 0 Å². The molecule has 1 aromatic carbocycles. The number of ether oxygens (including phenoxy) is 1. The lowest BCUT2D eigenvalue weighted by molar-refractivity contribution is 0.363. The summed E-state index contributed by atoms with van der Waals surface area (Å²) in [5.74, 6) is 0.895. The van der Waals surface area contributed by atoms with Crippen LogP contribution in [0.5, 0.6) is 5.75 Å². The number of benzene rings is 1. The van der Waals surface area contributed by atoms with Crippen LogP contribution in [0.15, 0.2) is 55.1 Å². The minimum absolute atomic E-state index is 0.593. The molecule has 0 radical (unpaired) electrons. The Hall–Kier alpha value is -1.63. The molecule has 0 saturated heterocycles. The van der Waals surface area contributed by atoms with E-state index in [0.717, 1.165) is 5.75 Å². The number of hydrogen-bond donors (Lipinski definition) is 2. The SMILES string of the molecule is C=CC=CCOc1ccccc1.O=S(=O)(O)O. The van der Waals surface area contributed by atoms with Crippen LogP contribution in [0.2, 0.25) is 0 Å². The van der Waals surface area contributed by atoms with E-state index < -0.39 is 10.4 Å². The molecule has 0 heterocycles. The van der Waals surface area contributed by atoms with E-state index in [-0.39, 0.29) is 0 Å². The molecule has 5 nitrogen and oxygen atoms in total. The van der Waals surface area contributed by atoms with Crippen LogP contribution in [0, 0.1) is 0 Å². The zero-order valence-corrected chi connectivity index (χ0v) is 9.88. The topological polar surface area (TPSA) is 83.8 Å². The lowest BCUT2D eigenvalue weighted by Gasteiger charge is -2.00. The molecule has 0 bridgehead atoms. The van der Waals surface area contributed by atoms with Gasteiger partial charge in [0, 0.05) is 0 Å². The summed E-state index contributed by atoms with van der Waals surface area (Å²) < 4.78 is 37.0. The number of rotatable bonds is 4. The van der Waals surface area contributed by atoms with E-state index in [1.54, 1.807) is 6.08 Å². The van der Waals surface area contributed by atoms with E-state index in [1.807, 2.05) is 42.5 Å². The van der Waals surface area contributed by atoms with Crippen LogP contribution < -0.4 is 4.74 Å². The van der Waals surface area contributed by atoms with Crippen molar-refractivity contribution in [1.29, 1.82) is 0 Å². The average molecular weight is 258 g/mol. The Bertz CT molecular complexity index is 428. The first-order chi connectivity index (χ1) is 7.93. The number of para-hydroxylation sites is 1. The molecule has 0 fully saturated rings. The van der Waals surface area contributed by atoms with Crippen molar-refractivity contribution in [1.82, 2.24) is 0 Å². The molecule has 0 amide bonds. The second kappa shape index (κ2) is 8.51. The van der Waals surface area contributed by atoms with Gasteiger partial charge in [-0.1, -0.05) is 36.9 Å². The summed E-state index contributed by atoms with van der Waals surface area (Å²) >= 11 is 0. The summed E-state index contributed by atoms with van der Waals surface area (Å²) in [6, 6.07) is 9.73. The molecule has 0 aliphatic carbocycles. The van der Waals surface area contributed by atoms with Crippen LogP contribution in [0.25, 0.3) is 0 Å². The molecule has 0 aliphatic rings. The van der Waals surface area contributed by atoms with Gasteiger partial charge in [0.25, 0.3) is 0 Å². The Balaban J connectivity index is 0.000000437. The van der Waals surface area contributed by atoms with E-state index in [1.165, 1.54) is 0 Å². The summed E-state index contributed by atoms with van der Waals surface area (Å²) in [7, 11) is -4.67. The van der Waals surface area contributed by atoms with E-state index in [0.29, 0.717) is 6.61 Å². The van der Waals surface area contributed by atoms with E-state index in [4.69, 9.17) is 22.3 Å². The minimum Gasteiger partial charge on any atom is -0.490 e. The summed E-state index contributed by atoms with van der Waals surface area (Å²) in [5.41, 5.74) is 0. The first-order valence-corrected chi connectivity index (χ1v) is 5.98. The summed E-state index contributed by atoms with van der Waals surface area (Å²) in [5, 5.41) is 0. The van der Waals surface area contributed by atoms with Crippen LogP contribution in [0.3, 0.4) is 0 Å². The normalized spacial score (nSPS) is 10.5. The van der Waals surface area contributed by atoms with Crippen molar-refractivity contribution in [3.05, 3.63) is 55.1 Å². The fourth-order valence-electron chi connectivity index (χ4n) is 0.813. The van der Waals surface area contributed by atoms with E-state index >= 15 is 0 Å². The van der Waals surface area contributed by atoms with Crippen molar-refractivity contribution in [2.75, 3.05) is 6.61 Å². The zero-order valence-electron chi connectivity index (χ0n) is 9.06. The Morgan fingerprint density at radius 1 is 1.24 bits per heavy atom. The first kappa shape index (κ1) is 15.4. The van der Waals surface area contributed by atoms with Gasteiger partial charge in [-0.15, -0.1) is 0 Å². The quantitative estimate of drug-likeness (QED) is 0.638. The molecule has 0 aliphatic heterocycles. The smallest absolute Gasteiger partial charge is 0.394 e. The zero-order chi connectivity index (χ0) is 13.1. The first-order valence-electron chi connectivity index (χ1n) is 4.59. The molecular weight excluding hydrogens is 244 g/mol. The van der Waals surface area contributed by atoms with Crippen LogP contribution in [-0.4, -0.2) is 24.1 Å². The maximum absolute atomic E-state index is 8.74. The number of hydrogen-bond acceptors (Lipinski definition) is 3. The Labute approximate surface area is 101 Å².